The third-order valence-corrected chi connectivity index (χ3v) is 3.41. The van der Waals surface area contributed by atoms with Crippen molar-refractivity contribution in [1.29, 1.82) is 0 Å². The molecule has 0 amide bonds. The Morgan fingerprint density at radius 2 is 1.85 bits per heavy atom. The van der Waals surface area contributed by atoms with Crippen LogP contribution < -0.4 is 10.6 Å². The number of anilines is 2. The van der Waals surface area contributed by atoms with Gasteiger partial charge in [0, 0.05) is 10.7 Å². The van der Waals surface area contributed by atoms with E-state index < -0.39 is 0 Å². The summed E-state index contributed by atoms with van der Waals surface area (Å²) in [7, 11) is 0. The molecule has 0 aliphatic heterocycles. The lowest BCUT2D eigenvalue weighted by molar-refractivity contribution is 0.632. The van der Waals surface area contributed by atoms with Gasteiger partial charge in [-0.25, -0.2) is 4.39 Å². The fourth-order valence-electron chi connectivity index (χ4n) is 1.74. The maximum absolute atomic E-state index is 13.6. The highest BCUT2D eigenvalue weighted by Crippen LogP contribution is 2.20. The lowest BCUT2D eigenvalue weighted by Gasteiger charge is -2.12. The maximum Gasteiger partial charge on any atom is 0.175 e. The summed E-state index contributed by atoms with van der Waals surface area (Å²) in [5.41, 5.74) is 3.06. The summed E-state index contributed by atoms with van der Waals surface area (Å²) >= 11 is 11.1. The molecule has 0 aromatic heterocycles. The van der Waals surface area contributed by atoms with Crippen LogP contribution in [0.2, 0.25) is 5.02 Å². The lowest BCUT2D eigenvalue weighted by Crippen LogP contribution is -2.19. The molecule has 20 heavy (non-hydrogen) atoms. The Morgan fingerprint density at radius 3 is 2.55 bits per heavy atom. The van der Waals surface area contributed by atoms with Crippen molar-refractivity contribution in [3.05, 3.63) is 58.4 Å². The third kappa shape index (κ3) is 3.68. The molecule has 0 fully saturated rings. The molecule has 0 bridgehead atoms. The monoisotopic (exact) mass is 308 g/mol. The zero-order valence-corrected chi connectivity index (χ0v) is 12.7. The molecule has 0 aliphatic carbocycles. The van der Waals surface area contributed by atoms with Crippen molar-refractivity contribution in [3.63, 3.8) is 0 Å². The van der Waals surface area contributed by atoms with Gasteiger partial charge in [0.25, 0.3) is 0 Å². The summed E-state index contributed by atoms with van der Waals surface area (Å²) in [6, 6.07) is 10.3. The number of nitrogens with one attached hydrogen (secondary N) is 2. The predicted molar refractivity (Wildman–Crippen MR) is 87.2 cm³/mol. The van der Waals surface area contributed by atoms with E-state index in [-0.39, 0.29) is 5.82 Å². The van der Waals surface area contributed by atoms with Crippen molar-refractivity contribution in [1.82, 2.24) is 0 Å². The van der Waals surface area contributed by atoms with Crippen LogP contribution in [-0.2, 0) is 0 Å². The van der Waals surface area contributed by atoms with Crippen LogP contribution in [0.5, 0.6) is 0 Å². The molecule has 0 saturated carbocycles. The molecule has 5 heteroatoms. The Balaban J connectivity index is 2.09. The molecule has 0 atom stereocenters. The highest BCUT2D eigenvalue weighted by atomic mass is 35.5. The van der Waals surface area contributed by atoms with Crippen molar-refractivity contribution in [2.45, 2.75) is 13.8 Å². The first-order chi connectivity index (χ1) is 9.45. The van der Waals surface area contributed by atoms with Gasteiger partial charge in [0.2, 0.25) is 0 Å². The van der Waals surface area contributed by atoms with E-state index in [1.807, 2.05) is 26.0 Å². The van der Waals surface area contributed by atoms with E-state index >= 15 is 0 Å². The normalized spacial score (nSPS) is 10.2. The number of benzene rings is 2. The average molecular weight is 309 g/mol. The van der Waals surface area contributed by atoms with Gasteiger partial charge in [-0.3, -0.25) is 0 Å². The fraction of sp³-hybridized carbons (Fsp3) is 0.133. The van der Waals surface area contributed by atoms with Crippen LogP contribution in [-0.4, -0.2) is 5.11 Å². The number of hydrogen-bond acceptors (Lipinski definition) is 1. The molecular weight excluding hydrogens is 295 g/mol. The van der Waals surface area contributed by atoms with Crippen LogP contribution in [0.15, 0.2) is 36.4 Å². The minimum absolute atomic E-state index is 0.330. The summed E-state index contributed by atoms with van der Waals surface area (Å²) in [4.78, 5) is 0. The van der Waals surface area contributed by atoms with Gasteiger partial charge < -0.3 is 10.6 Å². The number of halogens is 2. The summed E-state index contributed by atoms with van der Waals surface area (Å²) in [6.45, 7) is 3.80. The second kappa shape index (κ2) is 6.20. The fourth-order valence-corrected chi connectivity index (χ4v) is 2.09. The minimum Gasteiger partial charge on any atom is -0.332 e. The largest absolute Gasteiger partial charge is 0.332 e. The highest BCUT2D eigenvalue weighted by Gasteiger charge is 2.05. The third-order valence-electron chi connectivity index (χ3n) is 2.79. The highest BCUT2D eigenvalue weighted by molar-refractivity contribution is 7.80. The molecule has 0 radical (unpaired) electrons. The number of hydrogen-bond donors (Lipinski definition) is 2. The van der Waals surface area contributed by atoms with Crippen LogP contribution in [0.3, 0.4) is 0 Å². The zero-order chi connectivity index (χ0) is 14.7. The van der Waals surface area contributed by atoms with E-state index in [9.17, 15) is 4.39 Å². The summed E-state index contributed by atoms with van der Waals surface area (Å²) in [5, 5.41) is 6.87. The number of aryl methyl sites for hydroxylation is 2. The smallest absolute Gasteiger partial charge is 0.175 e. The van der Waals surface area contributed by atoms with Crippen molar-refractivity contribution >= 4 is 40.3 Å². The number of rotatable bonds is 2. The Morgan fingerprint density at radius 1 is 1.10 bits per heavy atom. The van der Waals surface area contributed by atoms with Gasteiger partial charge in [-0.2, -0.15) is 0 Å². The molecule has 0 spiro atoms. The number of thiocarbonyl (C=S) groups is 1. The first-order valence-electron chi connectivity index (χ1n) is 6.06. The van der Waals surface area contributed by atoms with Gasteiger partial charge in [0.15, 0.2) is 5.11 Å². The second-order valence-corrected chi connectivity index (χ2v) is 5.34. The molecule has 0 unspecified atom stereocenters. The molecule has 0 heterocycles. The Bertz CT molecular complexity index is 658. The van der Waals surface area contributed by atoms with E-state index in [0.29, 0.717) is 15.8 Å². The van der Waals surface area contributed by atoms with Gasteiger partial charge in [-0.15, -0.1) is 0 Å². The molecular formula is C15H14ClFN2S. The van der Waals surface area contributed by atoms with Gasteiger partial charge in [0.05, 0.1) is 5.69 Å². The average Bonchev–Trinajstić information content (AvgIpc) is 2.38. The molecule has 2 rings (SSSR count). The second-order valence-electron chi connectivity index (χ2n) is 4.53. The molecule has 0 saturated heterocycles. The SMILES string of the molecule is Cc1ccc(F)c(NC(=S)Nc2ccc(Cl)c(C)c2)c1. The van der Waals surface area contributed by atoms with Gasteiger partial charge in [0.1, 0.15) is 5.82 Å². The van der Waals surface area contributed by atoms with E-state index in [4.69, 9.17) is 23.8 Å². The first-order valence-corrected chi connectivity index (χ1v) is 6.84. The Hall–Kier alpha value is -1.65. The summed E-state index contributed by atoms with van der Waals surface area (Å²) in [5.74, 6) is -0.341. The van der Waals surface area contributed by atoms with Crippen LogP contribution in [0.1, 0.15) is 11.1 Å². The topological polar surface area (TPSA) is 24.1 Å². The van der Waals surface area contributed by atoms with Crippen molar-refractivity contribution in [3.8, 4) is 0 Å². The van der Waals surface area contributed by atoms with Crippen LogP contribution in [0.25, 0.3) is 0 Å². The maximum atomic E-state index is 13.6. The van der Waals surface area contributed by atoms with E-state index in [1.54, 1.807) is 18.2 Å². The van der Waals surface area contributed by atoms with Crippen LogP contribution in [0.4, 0.5) is 15.8 Å². The molecule has 2 nitrogen and oxygen atoms in total. The van der Waals surface area contributed by atoms with Crippen molar-refractivity contribution < 1.29 is 4.39 Å². The Labute approximate surface area is 128 Å². The first kappa shape index (κ1) is 14.8. The van der Waals surface area contributed by atoms with E-state index in [2.05, 4.69) is 10.6 Å². The predicted octanol–water partition coefficient (Wildman–Crippen LogP) is 4.90. The standard InChI is InChI=1S/C15H14ClFN2S/c1-9-3-6-13(17)14(7-9)19-15(20)18-11-4-5-12(16)10(2)8-11/h3-8H,1-2H3,(H2,18,19,20). The summed E-state index contributed by atoms with van der Waals surface area (Å²) in [6.07, 6.45) is 0. The van der Waals surface area contributed by atoms with Gasteiger partial charge in [-0.1, -0.05) is 17.7 Å². The molecule has 0 aliphatic rings. The quantitative estimate of drug-likeness (QED) is 0.771. The van der Waals surface area contributed by atoms with Crippen LogP contribution in [0, 0.1) is 19.7 Å². The molecule has 104 valence electrons. The van der Waals surface area contributed by atoms with Gasteiger partial charge >= 0.3 is 0 Å². The molecule has 2 N–H and O–H groups in total. The summed E-state index contributed by atoms with van der Waals surface area (Å²) < 4.78 is 13.6. The van der Waals surface area contributed by atoms with E-state index in [1.165, 1.54) is 6.07 Å². The molecule has 2 aromatic carbocycles. The van der Waals surface area contributed by atoms with Crippen molar-refractivity contribution in [2.75, 3.05) is 10.6 Å². The Kier molecular flexibility index (Phi) is 4.57. The van der Waals surface area contributed by atoms with Gasteiger partial charge in [-0.05, 0) is 67.5 Å². The van der Waals surface area contributed by atoms with E-state index in [0.717, 1.165) is 16.8 Å². The molecule has 2 aromatic rings. The minimum atomic E-state index is -0.341. The van der Waals surface area contributed by atoms with Crippen molar-refractivity contribution in [2.24, 2.45) is 0 Å². The zero-order valence-electron chi connectivity index (χ0n) is 11.1. The lowest BCUT2D eigenvalue weighted by atomic mass is 10.2. The van der Waals surface area contributed by atoms with Crippen LogP contribution >= 0.6 is 23.8 Å².